The minimum Gasteiger partial charge on any atom is -0.467 e. The number of methoxy groups -OCH3 is 1. The summed E-state index contributed by atoms with van der Waals surface area (Å²) in [7, 11) is -2.68. The molecule has 0 unspecified atom stereocenters. The minimum absolute atomic E-state index is 0.0515. The molecule has 0 aliphatic carbocycles. The highest BCUT2D eigenvalue weighted by Crippen LogP contribution is 2.13. The number of nitrogens with one attached hydrogen (secondary N) is 2. The molecule has 0 aromatic heterocycles. The van der Waals surface area contributed by atoms with E-state index in [1.54, 1.807) is 78.9 Å². The van der Waals surface area contributed by atoms with Gasteiger partial charge in [-0.2, -0.15) is 0 Å². The topological polar surface area (TPSA) is 154 Å². The number of sulfonamides is 1. The molecule has 1 amide bonds. The Bertz CT molecular complexity index is 1260. The van der Waals surface area contributed by atoms with Crippen LogP contribution < -0.4 is 21.5 Å². The van der Waals surface area contributed by atoms with Gasteiger partial charge in [0.2, 0.25) is 15.9 Å². The van der Waals surface area contributed by atoms with Crippen molar-refractivity contribution in [2.75, 3.05) is 18.6 Å². The number of ether oxygens (including phenoxy) is 1. The number of nitrogens with two attached hydrogens (primary N) is 2. The first kappa shape index (κ1) is 26.7. The summed E-state index contributed by atoms with van der Waals surface area (Å²) in [5.74, 6) is -1.61. The van der Waals surface area contributed by atoms with Crippen LogP contribution in [0.2, 0.25) is 0 Å². The zero-order valence-corrected chi connectivity index (χ0v) is 20.7. The molecule has 3 aromatic rings. The zero-order chi connectivity index (χ0) is 26.1. The SMILES string of the molecule is COC(=O)[C@H](Cc1ccc(N)cc1)NC(=O)[C@@H](Cc1ccc(N)cc1)NS(=O)(=O)Cc1ccccc1. The van der Waals surface area contributed by atoms with E-state index < -0.39 is 34.0 Å². The molecule has 0 saturated heterocycles. The number of rotatable bonds is 11. The number of hydrogen-bond acceptors (Lipinski definition) is 7. The minimum atomic E-state index is -3.90. The second kappa shape index (κ2) is 12.2. The van der Waals surface area contributed by atoms with E-state index in [9.17, 15) is 18.0 Å². The summed E-state index contributed by atoms with van der Waals surface area (Å²) in [5.41, 5.74) is 14.6. The fourth-order valence-corrected chi connectivity index (χ4v) is 4.97. The predicted molar refractivity (Wildman–Crippen MR) is 139 cm³/mol. The molecule has 0 aliphatic rings. The van der Waals surface area contributed by atoms with Gasteiger partial charge in [0.25, 0.3) is 0 Å². The van der Waals surface area contributed by atoms with Gasteiger partial charge in [0, 0.05) is 17.8 Å². The van der Waals surface area contributed by atoms with Gasteiger partial charge in [0.15, 0.2) is 0 Å². The second-order valence-corrected chi connectivity index (χ2v) is 10.1. The van der Waals surface area contributed by atoms with E-state index in [0.717, 1.165) is 5.56 Å². The maximum Gasteiger partial charge on any atom is 0.328 e. The smallest absolute Gasteiger partial charge is 0.328 e. The average molecular weight is 511 g/mol. The molecule has 0 spiro atoms. The Morgan fingerprint density at radius 1 is 0.778 bits per heavy atom. The highest BCUT2D eigenvalue weighted by Gasteiger charge is 2.29. The largest absolute Gasteiger partial charge is 0.467 e. The van der Waals surface area contributed by atoms with Crippen molar-refractivity contribution in [1.82, 2.24) is 10.0 Å². The number of amides is 1. The van der Waals surface area contributed by atoms with Crippen LogP contribution in [0.4, 0.5) is 11.4 Å². The Hall–Kier alpha value is -3.89. The van der Waals surface area contributed by atoms with E-state index in [1.165, 1.54) is 7.11 Å². The highest BCUT2D eigenvalue weighted by molar-refractivity contribution is 7.88. The van der Waals surface area contributed by atoms with Crippen molar-refractivity contribution in [2.24, 2.45) is 0 Å². The van der Waals surface area contributed by atoms with Gasteiger partial charge < -0.3 is 21.5 Å². The third-order valence-electron chi connectivity index (χ3n) is 5.48. The van der Waals surface area contributed by atoms with Crippen LogP contribution in [-0.4, -0.2) is 39.5 Å². The van der Waals surface area contributed by atoms with Gasteiger partial charge in [-0.15, -0.1) is 0 Å². The molecule has 9 nitrogen and oxygen atoms in total. The molecule has 0 fully saturated rings. The van der Waals surface area contributed by atoms with Crippen molar-refractivity contribution in [1.29, 1.82) is 0 Å². The van der Waals surface area contributed by atoms with Crippen molar-refractivity contribution in [2.45, 2.75) is 30.7 Å². The second-order valence-electron chi connectivity index (χ2n) is 8.39. The van der Waals surface area contributed by atoms with Crippen LogP contribution in [0.5, 0.6) is 0 Å². The number of hydrogen-bond donors (Lipinski definition) is 4. The summed E-state index contributed by atoms with van der Waals surface area (Å²) in [4.78, 5) is 25.8. The van der Waals surface area contributed by atoms with Crippen molar-refractivity contribution in [3.63, 3.8) is 0 Å². The van der Waals surface area contributed by atoms with E-state index in [4.69, 9.17) is 16.2 Å². The van der Waals surface area contributed by atoms with Gasteiger partial charge in [0.05, 0.1) is 12.9 Å². The van der Waals surface area contributed by atoms with Crippen LogP contribution >= 0.6 is 0 Å². The molecule has 0 heterocycles. The Morgan fingerprint density at radius 3 is 1.78 bits per heavy atom. The van der Waals surface area contributed by atoms with Gasteiger partial charge in [0.1, 0.15) is 12.1 Å². The molecule has 0 radical (unpaired) electrons. The van der Waals surface area contributed by atoms with Crippen molar-refractivity contribution in [3.8, 4) is 0 Å². The quantitative estimate of drug-likeness (QED) is 0.226. The molecule has 0 bridgehead atoms. The first-order valence-corrected chi connectivity index (χ1v) is 12.9. The van der Waals surface area contributed by atoms with E-state index in [2.05, 4.69) is 10.0 Å². The monoisotopic (exact) mass is 510 g/mol. The lowest BCUT2D eigenvalue weighted by Crippen LogP contribution is -2.53. The summed E-state index contributed by atoms with van der Waals surface area (Å²) in [6, 6.07) is 20.1. The lowest BCUT2D eigenvalue weighted by Gasteiger charge is -2.22. The Morgan fingerprint density at radius 2 is 1.28 bits per heavy atom. The fourth-order valence-electron chi connectivity index (χ4n) is 3.63. The molecule has 0 saturated carbocycles. The maximum absolute atomic E-state index is 13.3. The van der Waals surface area contributed by atoms with Crippen LogP contribution in [-0.2, 0) is 42.9 Å². The van der Waals surface area contributed by atoms with Crippen molar-refractivity contribution >= 4 is 33.3 Å². The zero-order valence-electron chi connectivity index (χ0n) is 19.9. The first-order chi connectivity index (χ1) is 17.1. The third-order valence-corrected chi connectivity index (χ3v) is 6.84. The summed E-state index contributed by atoms with van der Waals surface area (Å²) in [5, 5.41) is 2.65. The molecule has 6 N–H and O–H groups in total. The van der Waals surface area contributed by atoms with E-state index in [1.807, 2.05) is 0 Å². The fraction of sp³-hybridized carbons (Fsp3) is 0.231. The lowest BCUT2D eigenvalue weighted by atomic mass is 10.0. The summed E-state index contributed by atoms with van der Waals surface area (Å²) >= 11 is 0. The molecule has 3 rings (SSSR count). The summed E-state index contributed by atoms with van der Waals surface area (Å²) in [6.45, 7) is 0. The van der Waals surface area contributed by atoms with Gasteiger partial charge in [-0.25, -0.2) is 17.9 Å². The summed E-state index contributed by atoms with van der Waals surface area (Å²) < 4.78 is 33.3. The van der Waals surface area contributed by atoms with Crippen LogP contribution in [0.3, 0.4) is 0 Å². The van der Waals surface area contributed by atoms with Crippen molar-refractivity contribution < 1.29 is 22.7 Å². The van der Waals surface area contributed by atoms with E-state index >= 15 is 0 Å². The molecule has 2 atom stereocenters. The molecule has 10 heteroatoms. The van der Waals surface area contributed by atoms with Crippen LogP contribution in [0, 0.1) is 0 Å². The van der Waals surface area contributed by atoms with Crippen molar-refractivity contribution in [3.05, 3.63) is 95.6 Å². The number of esters is 1. The van der Waals surface area contributed by atoms with Crippen LogP contribution in [0.15, 0.2) is 78.9 Å². The Labute approximate surface area is 210 Å². The maximum atomic E-state index is 13.3. The Kier molecular flexibility index (Phi) is 9.04. The molecule has 3 aromatic carbocycles. The standard InChI is InChI=1S/C26H30N4O5S/c1-35-26(32)24(16-19-9-13-22(28)14-10-19)29-25(31)23(15-18-7-11-21(27)12-8-18)30-36(33,34)17-20-5-3-2-4-6-20/h2-14,23-24,30H,15-17,27-28H2,1H3,(H,29,31)/t23-,24+/m1/s1. The van der Waals surface area contributed by atoms with Gasteiger partial charge >= 0.3 is 5.97 Å². The first-order valence-electron chi connectivity index (χ1n) is 11.3. The predicted octanol–water partition coefficient (Wildman–Crippen LogP) is 1.78. The number of benzene rings is 3. The molecular weight excluding hydrogens is 480 g/mol. The van der Waals surface area contributed by atoms with Gasteiger partial charge in [-0.3, -0.25) is 4.79 Å². The number of anilines is 2. The van der Waals surface area contributed by atoms with E-state index in [0.29, 0.717) is 22.5 Å². The van der Waals surface area contributed by atoms with Gasteiger partial charge in [-0.05, 0) is 47.4 Å². The third kappa shape index (κ3) is 8.10. The lowest BCUT2D eigenvalue weighted by molar-refractivity contribution is -0.145. The highest BCUT2D eigenvalue weighted by atomic mass is 32.2. The molecule has 0 aliphatic heterocycles. The average Bonchev–Trinajstić information content (AvgIpc) is 2.85. The molecular formula is C26H30N4O5S. The Balaban J connectivity index is 1.82. The molecule has 190 valence electrons. The normalized spacial score (nSPS) is 12.9. The van der Waals surface area contributed by atoms with Crippen LogP contribution in [0.1, 0.15) is 16.7 Å². The summed E-state index contributed by atoms with van der Waals surface area (Å²) in [6.07, 6.45) is 0.194. The molecule has 36 heavy (non-hydrogen) atoms. The number of nitrogen functional groups attached to an aromatic ring is 2. The van der Waals surface area contributed by atoms with Gasteiger partial charge in [-0.1, -0.05) is 54.6 Å². The van der Waals surface area contributed by atoms with E-state index in [-0.39, 0.29) is 18.6 Å². The number of carbonyl (C=O) groups is 2. The number of carbonyl (C=O) groups excluding carboxylic acids is 2. The van der Waals surface area contributed by atoms with Crippen LogP contribution in [0.25, 0.3) is 0 Å².